The molecule has 1 rings (SSSR count). The Morgan fingerprint density at radius 2 is 1.87 bits per heavy atom. The Labute approximate surface area is 97.6 Å². The third-order valence-electron chi connectivity index (χ3n) is 2.00. The highest BCUT2D eigenvalue weighted by Gasteiger charge is 2.13. The molecular weight excluding hydrogens is 210 g/mol. The lowest BCUT2D eigenvalue weighted by Gasteiger charge is -2.13. The van der Waals surface area contributed by atoms with Crippen molar-refractivity contribution in [2.24, 2.45) is 0 Å². The molecule has 1 heterocycles. The smallest absolute Gasteiger partial charge is 0.232 e. The lowest BCUT2D eigenvalue weighted by Crippen LogP contribution is -1.98. The third-order valence-corrected chi connectivity index (χ3v) is 2.36. The van der Waals surface area contributed by atoms with E-state index in [9.17, 15) is 0 Å². The van der Waals surface area contributed by atoms with Gasteiger partial charge in [0, 0.05) is 6.20 Å². The van der Waals surface area contributed by atoms with Crippen molar-refractivity contribution in [1.29, 1.82) is 0 Å². The fraction of sp³-hybridized carbons (Fsp3) is 0.583. The summed E-state index contributed by atoms with van der Waals surface area (Å²) in [5, 5.41) is 0.637. The fourth-order valence-electron chi connectivity index (χ4n) is 1.42. The number of hydrogen-bond acceptors (Lipinski definition) is 2. The van der Waals surface area contributed by atoms with Crippen LogP contribution in [0.4, 0.5) is 0 Å². The van der Waals surface area contributed by atoms with E-state index in [1.807, 2.05) is 20.8 Å². The van der Waals surface area contributed by atoms with E-state index in [0.29, 0.717) is 16.8 Å². The van der Waals surface area contributed by atoms with Gasteiger partial charge in [-0.15, -0.1) is 0 Å². The van der Waals surface area contributed by atoms with Crippen molar-refractivity contribution in [2.45, 2.75) is 40.5 Å². The van der Waals surface area contributed by atoms with E-state index in [4.69, 9.17) is 16.3 Å². The van der Waals surface area contributed by atoms with Crippen LogP contribution in [0.5, 0.6) is 5.88 Å². The largest absolute Gasteiger partial charge is 0.480 e. The van der Waals surface area contributed by atoms with Crippen LogP contribution in [0.1, 0.15) is 44.7 Å². The summed E-state index contributed by atoms with van der Waals surface area (Å²) in [4.78, 5) is 4.09. The van der Waals surface area contributed by atoms with Crippen molar-refractivity contribution in [2.75, 3.05) is 7.11 Å². The lowest BCUT2D eigenvalue weighted by atomic mass is 10.00. The molecular formula is C12H20ClNO. The van der Waals surface area contributed by atoms with E-state index in [0.717, 1.165) is 11.1 Å². The van der Waals surface area contributed by atoms with E-state index in [1.165, 1.54) is 0 Å². The number of rotatable bonds is 2. The van der Waals surface area contributed by atoms with Gasteiger partial charge in [0.15, 0.2) is 0 Å². The number of halogens is 1. The molecule has 0 saturated carbocycles. The highest BCUT2D eigenvalue weighted by atomic mass is 35.5. The number of methoxy groups -OCH3 is 1. The van der Waals surface area contributed by atoms with Gasteiger partial charge in [-0.2, -0.15) is 0 Å². The van der Waals surface area contributed by atoms with Gasteiger partial charge in [-0.1, -0.05) is 39.3 Å². The number of nitrogens with zero attached hydrogens (tertiary/aromatic N) is 1. The molecule has 2 nitrogen and oxygen atoms in total. The Morgan fingerprint density at radius 3 is 2.27 bits per heavy atom. The van der Waals surface area contributed by atoms with Crippen LogP contribution in [-0.2, 0) is 0 Å². The molecule has 0 aliphatic carbocycles. The SMILES string of the molecule is CC.COc1ncc(C)c(C(C)C)c1Cl. The second kappa shape index (κ2) is 6.67. The van der Waals surface area contributed by atoms with Crippen molar-refractivity contribution < 1.29 is 4.74 Å². The number of aromatic nitrogens is 1. The summed E-state index contributed by atoms with van der Waals surface area (Å²) >= 11 is 6.12. The Morgan fingerprint density at radius 1 is 1.33 bits per heavy atom. The first-order chi connectivity index (χ1) is 7.07. The first kappa shape index (κ1) is 14.2. The predicted octanol–water partition coefficient (Wildman–Crippen LogP) is 4.20. The average Bonchev–Trinajstić information content (AvgIpc) is 2.20. The minimum Gasteiger partial charge on any atom is -0.480 e. The molecule has 1 aromatic rings. The Balaban J connectivity index is 0.000000921. The molecule has 3 heteroatoms. The number of aryl methyl sites for hydroxylation is 1. The quantitative estimate of drug-likeness (QED) is 0.758. The molecule has 1 aromatic heterocycles. The van der Waals surface area contributed by atoms with Gasteiger partial charge in [0.05, 0.1) is 7.11 Å². The van der Waals surface area contributed by atoms with Gasteiger partial charge in [-0.25, -0.2) is 4.98 Å². The zero-order chi connectivity index (χ0) is 12.0. The van der Waals surface area contributed by atoms with Crippen molar-refractivity contribution in [3.63, 3.8) is 0 Å². The number of ether oxygens (including phenoxy) is 1. The first-order valence-corrected chi connectivity index (χ1v) is 5.64. The van der Waals surface area contributed by atoms with Gasteiger partial charge in [0.2, 0.25) is 5.88 Å². The zero-order valence-electron chi connectivity index (χ0n) is 10.4. The third kappa shape index (κ3) is 3.38. The molecule has 15 heavy (non-hydrogen) atoms. The molecule has 0 fully saturated rings. The molecule has 0 aliphatic rings. The number of pyridine rings is 1. The zero-order valence-corrected chi connectivity index (χ0v) is 11.1. The molecule has 0 bridgehead atoms. The molecule has 0 radical (unpaired) electrons. The van der Waals surface area contributed by atoms with Crippen LogP contribution in [-0.4, -0.2) is 12.1 Å². The maximum absolute atomic E-state index is 6.12. The predicted molar refractivity (Wildman–Crippen MR) is 66.0 cm³/mol. The van der Waals surface area contributed by atoms with Crippen molar-refractivity contribution >= 4 is 11.6 Å². The molecule has 0 unspecified atom stereocenters. The monoisotopic (exact) mass is 229 g/mol. The van der Waals surface area contributed by atoms with E-state index in [2.05, 4.69) is 18.8 Å². The summed E-state index contributed by atoms with van der Waals surface area (Å²) in [6.45, 7) is 10.2. The summed E-state index contributed by atoms with van der Waals surface area (Å²) in [7, 11) is 1.58. The first-order valence-electron chi connectivity index (χ1n) is 5.27. The maximum atomic E-state index is 6.12. The second-order valence-corrected chi connectivity index (χ2v) is 3.71. The molecule has 86 valence electrons. The Kier molecular flexibility index (Phi) is 6.34. The number of hydrogen-bond donors (Lipinski definition) is 0. The van der Waals surface area contributed by atoms with Crippen LogP contribution < -0.4 is 4.74 Å². The molecule has 0 atom stereocenters. The fourth-order valence-corrected chi connectivity index (χ4v) is 1.91. The highest BCUT2D eigenvalue weighted by molar-refractivity contribution is 6.32. The van der Waals surface area contributed by atoms with Crippen LogP contribution in [0.15, 0.2) is 6.20 Å². The molecule has 0 saturated heterocycles. The van der Waals surface area contributed by atoms with Crippen LogP contribution >= 0.6 is 11.6 Å². The van der Waals surface area contributed by atoms with Gasteiger partial charge in [-0.3, -0.25) is 0 Å². The van der Waals surface area contributed by atoms with Gasteiger partial charge in [0.1, 0.15) is 5.02 Å². The minimum absolute atomic E-state index is 0.393. The summed E-state index contributed by atoms with van der Waals surface area (Å²) in [6, 6.07) is 0. The average molecular weight is 230 g/mol. The van der Waals surface area contributed by atoms with Crippen molar-refractivity contribution in [3.8, 4) is 5.88 Å². The van der Waals surface area contributed by atoms with Crippen LogP contribution in [0.3, 0.4) is 0 Å². The van der Waals surface area contributed by atoms with Gasteiger partial charge >= 0.3 is 0 Å². The van der Waals surface area contributed by atoms with Gasteiger partial charge < -0.3 is 4.74 Å². The van der Waals surface area contributed by atoms with Crippen LogP contribution in [0.2, 0.25) is 5.02 Å². The molecule has 0 aliphatic heterocycles. The van der Waals surface area contributed by atoms with E-state index >= 15 is 0 Å². The molecule has 0 amide bonds. The summed E-state index contributed by atoms with van der Waals surface area (Å²) in [5.74, 6) is 0.903. The summed E-state index contributed by atoms with van der Waals surface area (Å²) in [5.41, 5.74) is 2.23. The summed E-state index contributed by atoms with van der Waals surface area (Å²) < 4.78 is 5.05. The Hall–Kier alpha value is -0.760. The second-order valence-electron chi connectivity index (χ2n) is 3.33. The molecule has 0 spiro atoms. The van der Waals surface area contributed by atoms with E-state index in [-0.39, 0.29) is 0 Å². The lowest BCUT2D eigenvalue weighted by molar-refractivity contribution is 0.397. The maximum Gasteiger partial charge on any atom is 0.232 e. The van der Waals surface area contributed by atoms with Gasteiger partial charge in [0.25, 0.3) is 0 Å². The molecule has 0 aromatic carbocycles. The van der Waals surface area contributed by atoms with Crippen LogP contribution in [0, 0.1) is 6.92 Å². The van der Waals surface area contributed by atoms with Crippen LogP contribution in [0.25, 0.3) is 0 Å². The normalized spacial score (nSPS) is 9.60. The van der Waals surface area contributed by atoms with E-state index < -0.39 is 0 Å². The molecule has 0 N–H and O–H groups in total. The van der Waals surface area contributed by atoms with Gasteiger partial charge in [-0.05, 0) is 24.0 Å². The minimum atomic E-state index is 0.393. The standard InChI is InChI=1S/C10H14ClNO.C2H6/c1-6(2)8-7(3)5-12-10(13-4)9(8)11;1-2/h5-6H,1-4H3;1-2H3. The highest BCUT2D eigenvalue weighted by Crippen LogP contribution is 2.32. The van der Waals surface area contributed by atoms with Crippen molar-refractivity contribution in [1.82, 2.24) is 4.98 Å². The topological polar surface area (TPSA) is 22.1 Å². The van der Waals surface area contributed by atoms with E-state index in [1.54, 1.807) is 13.3 Å². The Bertz CT molecular complexity index is 311. The summed E-state index contributed by atoms with van der Waals surface area (Å²) in [6.07, 6.45) is 1.79. The van der Waals surface area contributed by atoms with Crippen molar-refractivity contribution in [3.05, 3.63) is 22.3 Å².